The highest BCUT2D eigenvalue weighted by Crippen LogP contribution is 2.39. The maximum atomic E-state index is 6.31. The predicted octanol–water partition coefficient (Wildman–Crippen LogP) is 5.62. The van der Waals surface area contributed by atoms with Crippen LogP contribution in [0.1, 0.15) is 41.0 Å². The van der Waals surface area contributed by atoms with Crippen LogP contribution in [0, 0.1) is 19.3 Å². The lowest BCUT2D eigenvalue weighted by Gasteiger charge is -2.47. The molecule has 4 heterocycles. The molecule has 0 saturated carbocycles. The zero-order chi connectivity index (χ0) is 24.5. The highest BCUT2D eigenvalue weighted by Gasteiger charge is 2.40. The second-order valence-corrected chi connectivity index (χ2v) is 11.8. The van der Waals surface area contributed by atoms with Crippen molar-refractivity contribution >= 4 is 11.3 Å². The van der Waals surface area contributed by atoms with Crippen molar-refractivity contribution in [1.29, 1.82) is 0 Å². The number of benzene rings is 2. The smallest absolute Gasteiger partial charge is 0.124 e. The van der Waals surface area contributed by atoms with E-state index in [1.807, 2.05) is 11.3 Å². The molecule has 0 bridgehead atoms. The first-order chi connectivity index (χ1) is 17.6. The molecule has 6 heteroatoms. The van der Waals surface area contributed by atoms with Gasteiger partial charge in [0.05, 0.1) is 25.5 Å². The number of thiazole rings is 1. The standard InChI is InChI=1S/C30H37N3O2S/c1-21-23(6-3-8-25(21)29-32-26-18-31-13-10-28(26)36-29)24-7-4-9-27(22(24)2)35-17-5-14-33-15-11-30(12-16-33)19-34-20-30/h3-4,6-9,31H,5,10-20H2,1-2H3. The van der Waals surface area contributed by atoms with E-state index >= 15 is 0 Å². The van der Waals surface area contributed by atoms with E-state index in [1.165, 1.54) is 64.3 Å². The molecular formula is C30H37N3O2S. The average Bonchev–Trinajstić information content (AvgIpc) is 3.31. The Morgan fingerprint density at radius 1 is 1.03 bits per heavy atom. The topological polar surface area (TPSA) is 46.6 Å². The molecule has 0 unspecified atom stereocenters. The molecule has 3 aliphatic heterocycles. The molecule has 2 aromatic carbocycles. The number of fused-ring (bicyclic) bond motifs is 1. The van der Waals surface area contributed by atoms with E-state index in [9.17, 15) is 0 Å². The van der Waals surface area contributed by atoms with Crippen LogP contribution in [0.5, 0.6) is 5.75 Å². The Morgan fingerprint density at radius 2 is 1.78 bits per heavy atom. The largest absolute Gasteiger partial charge is 0.493 e. The fourth-order valence-corrected chi connectivity index (χ4v) is 7.02. The monoisotopic (exact) mass is 503 g/mol. The van der Waals surface area contributed by atoms with Gasteiger partial charge >= 0.3 is 0 Å². The Kier molecular flexibility index (Phi) is 6.86. The van der Waals surface area contributed by atoms with Crippen molar-refractivity contribution in [3.8, 4) is 27.4 Å². The van der Waals surface area contributed by atoms with E-state index in [-0.39, 0.29) is 0 Å². The number of hydrogen-bond donors (Lipinski definition) is 1. The molecule has 6 rings (SSSR count). The Hall–Kier alpha value is -2.25. The molecule has 1 N–H and O–H groups in total. The summed E-state index contributed by atoms with van der Waals surface area (Å²) in [4.78, 5) is 9.01. The third-order valence-corrected chi connectivity index (χ3v) is 9.54. The molecule has 190 valence electrons. The summed E-state index contributed by atoms with van der Waals surface area (Å²) in [5.41, 5.74) is 7.99. The fourth-order valence-electron chi connectivity index (χ4n) is 5.86. The normalized spacial score (nSPS) is 19.2. The lowest BCUT2D eigenvalue weighted by atomic mass is 9.77. The van der Waals surface area contributed by atoms with Gasteiger partial charge in [0.1, 0.15) is 10.8 Å². The van der Waals surface area contributed by atoms with Gasteiger partial charge in [-0.1, -0.05) is 30.3 Å². The molecule has 1 spiro atoms. The number of rotatable bonds is 7. The first-order valence-electron chi connectivity index (χ1n) is 13.4. The van der Waals surface area contributed by atoms with Crippen molar-refractivity contribution < 1.29 is 9.47 Å². The summed E-state index contributed by atoms with van der Waals surface area (Å²) in [6.45, 7) is 12.6. The van der Waals surface area contributed by atoms with Gasteiger partial charge in [0.15, 0.2) is 0 Å². The lowest BCUT2D eigenvalue weighted by Crippen LogP contribution is -2.51. The molecule has 3 aliphatic rings. The quantitative estimate of drug-likeness (QED) is 0.424. The first kappa shape index (κ1) is 24.1. The van der Waals surface area contributed by atoms with E-state index in [0.717, 1.165) is 63.1 Å². The van der Waals surface area contributed by atoms with Gasteiger partial charge in [0, 0.05) is 35.5 Å². The molecule has 1 aromatic heterocycles. The van der Waals surface area contributed by atoms with Gasteiger partial charge in [0.25, 0.3) is 0 Å². The molecule has 2 fully saturated rings. The van der Waals surface area contributed by atoms with Gasteiger partial charge in [-0.05, 0) is 80.9 Å². The minimum absolute atomic E-state index is 0.510. The van der Waals surface area contributed by atoms with Crippen molar-refractivity contribution in [3.63, 3.8) is 0 Å². The van der Waals surface area contributed by atoms with Gasteiger partial charge in [-0.3, -0.25) is 0 Å². The first-order valence-corrected chi connectivity index (χ1v) is 14.3. The zero-order valence-electron chi connectivity index (χ0n) is 21.6. The summed E-state index contributed by atoms with van der Waals surface area (Å²) in [6, 6.07) is 13.1. The minimum atomic E-state index is 0.510. The van der Waals surface area contributed by atoms with Gasteiger partial charge in [0.2, 0.25) is 0 Å². The van der Waals surface area contributed by atoms with E-state index in [0.29, 0.717) is 5.41 Å². The molecule has 5 nitrogen and oxygen atoms in total. The zero-order valence-corrected chi connectivity index (χ0v) is 22.4. The summed E-state index contributed by atoms with van der Waals surface area (Å²) in [6.07, 6.45) is 4.71. The lowest BCUT2D eigenvalue weighted by molar-refractivity contribution is -0.139. The van der Waals surface area contributed by atoms with Crippen LogP contribution in [0.2, 0.25) is 0 Å². The molecule has 0 atom stereocenters. The van der Waals surface area contributed by atoms with E-state index < -0.39 is 0 Å². The van der Waals surface area contributed by atoms with Crippen molar-refractivity contribution in [2.24, 2.45) is 5.41 Å². The number of nitrogens with zero attached hydrogens (tertiary/aromatic N) is 2. The molecule has 0 amide bonds. The van der Waals surface area contributed by atoms with Gasteiger partial charge in [-0.2, -0.15) is 0 Å². The van der Waals surface area contributed by atoms with Crippen LogP contribution in [-0.4, -0.2) is 55.9 Å². The van der Waals surface area contributed by atoms with Crippen LogP contribution in [0.25, 0.3) is 21.7 Å². The van der Waals surface area contributed by atoms with Gasteiger partial charge in [-0.25, -0.2) is 4.98 Å². The Morgan fingerprint density at radius 3 is 2.53 bits per heavy atom. The van der Waals surface area contributed by atoms with Crippen LogP contribution in [0.4, 0.5) is 0 Å². The van der Waals surface area contributed by atoms with Gasteiger partial charge in [-0.15, -0.1) is 11.3 Å². The number of ether oxygens (including phenoxy) is 2. The van der Waals surface area contributed by atoms with Crippen LogP contribution in [0.3, 0.4) is 0 Å². The van der Waals surface area contributed by atoms with E-state index in [1.54, 1.807) is 0 Å². The summed E-state index contributed by atoms with van der Waals surface area (Å²) in [5.74, 6) is 0.998. The van der Waals surface area contributed by atoms with E-state index in [4.69, 9.17) is 14.5 Å². The van der Waals surface area contributed by atoms with Crippen molar-refractivity contribution in [2.75, 3.05) is 46.0 Å². The maximum absolute atomic E-state index is 6.31. The van der Waals surface area contributed by atoms with Crippen molar-refractivity contribution in [2.45, 2.75) is 46.1 Å². The minimum Gasteiger partial charge on any atom is -0.493 e. The molecule has 36 heavy (non-hydrogen) atoms. The third kappa shape index (κ3) is 4.72. The number of piperidine rings is 1. The van der Waals surface area contributed by atoms with Crippen LogP contribution in [-0.2, 0) is 17.7 Å². The SMILES string of the molecule is Cc1c(OCCCN2CCC3(CC2)COC3)cccc1-c1cccc(-c2nc3c(s2)CCNC3)c1C. The third-order valence-electron chi connectivity index (χ3n) is 8.35. The van der Waals surface area contributed by atoms with Gasteiger partial charge < -0.3 is 19.7 Å². The van der Waals surface area contributed by atoms with E-state index in [2.05, 4.69) is 60.5 Å². The second-order valence-electron chi connectivity index (χ2n) is 10.8. The second kappa shape index (κ2) is 10.3. The fraction of sp³-hybridized carbons (Fsp3) is 0.500. The van der Waals surface area contributed by atoms with Crippen molar-refractivity contribution in [3.05, 3.63) is 58.1 Å². The Labute approximate surface area is 218 Å². The van der Waals surface area contributed by atoms with Crippen LogP contribution < -0.4 is 10.1 Å². The number of likely N-dealkylation sites (tertiary alicyclic amines) is 1. The predicted molar refractivity (Wildman–Crippen MR) is 147 cm³/mol. The summed E-state index contributed by atoms with van der Waals surface area (Å²) in [7, 11) is 0. The van der Waals surface area contributed by atoms with Crippen molar-refractivity contribution in [1.82, 2.24) is 15.2 Å². The molecule has 2 saturated heterocycles. The maximum Gasteiger partial charge on any atom is 0.124 e. The summed E-state index contributed by atoms with van der Waals surface area (Å²) >= 11 is 1.86. The molecule has 0 radical (unpaired) electrons. The number of nitrogens with one attached hydrogen (secondary N) is 1. The Balaban J connectivity index is 1.12. The molecule has 0 aliphatic carbocycles. The van der Waals surface area contributed by atoms with Crippen LogP contribution >= 0.6 is 11.3 Å². The number of aromatic nitrogens is 1. The highest BCUT2D eigenvalue weighted by atomic mass is 32.1. The summed E-state index contributed by atoms with van der Waals surface area (Å²) in [5, 5.41) is 4.58. The van der Waals surface area contributed by atoms with Crippen LogP contribution in [0.15, 0.2) is 36.4 Å². The highest BCUT2D eigenvalue weighted by molar-refractivity contribution is 7.15. The average molecular weight is 504 g/mol. The Bertz CT molecular complexity index is 1200. The summed E-state index contributed by atoms with van der Waals surface area (Å²) < 4.78 is 11.8. The molecular weight excluding hydrogens is 466 g/mol. The number of hydrogen-bond acceptors (Lipinski definition) is 6. The molecule has 3 aromatic rings.